The minimum Gasteiger partial charge on any atom is -0.307 e. The molecule has 0 radical (unpaired) electrons. The van der Waals surface area contributed by atoms with Gasteiger partial charge in [-0.05, 0) is 74.0 Å². The van der Waals surface area contributed by atoms with Crippen molar-refractivity contribution in [2.75, 3.05) is 0 Å². The van der Waals surface area contributed by atoms with Crippen molar-refractivity contribution >= 4 is 0 Å². The van der Waals surface area contributed by atoms with Crippen LogP contribution in [-0.4, -0.2) is 6.04 Å². The summed E-state index contributed by atoms with van der Waals surface area (Å²) in [4.78, 5) is 0. The molecule has 0 saturated heterocycles. The van der Waals surface area contributed by atoms with Gasteiger partial charge in [-0.3, -0.25) is 0 Å². The SMILES string of the molecule is CC(NC1CCC(C)(C)CC1)c1ccc2c(c1)CCC2. The van der Waals surface area contributed by atoms with Gasteiger partial charge >= 0.3 is 0 Å². The van der Waals surface area contributed by atoms with Crippen molar-refractivity contribution in [3.05, 3.63) is 34.9 Å². The molecule has 1 N–H and O–H groups in total. The molecule has 1 saturated carbocycles. The fourth-order valence-corrected chi connectivity index (χ4v) is 3.88. The number of fused-ring (bicyclic) bond motifs is 1. The lowest BCUT2D eigenvalue weighted by atomic mass is 9.75. The Morgan fingerprint density at radius 2 is 1.80 bits per heavy atom. The van der Waals surface area contributed by atoms with Crippen LogP contribution in [0.1, 0.15) is 75.6 Å². The maximum Gasteiger partial charge on any atom is 0.0294 e. The maximum atomic E-state index is 3.86. The molecule has 1 atom stereocenters. The maximum absolute atomic E-state index is 3.86. The fourth-order valence-electron chi connectivity index (χ4n) is 3.88. The molecule has 3 rings (SSSR count). The van der Waals surface area contributed by atoms with E-state index < -0.39 is 0 Å². The summed E-state index contributed by atoms with van der Waals surface area (Å²) in [6, 6.07) is 8.36. The van der Waals surface area contributed by atoms with Gasteiger partial charge in [0.2, 0.25) is 0 Å². The predicted molar refractivity (Wildman–Crippen MR) is 86.1 cm³/mol. The molecule has 0 amide bonds. The number of rotatable bonds is 3. The van der Waals surface area contributed by atoms with Crippen molar-refractivity contribution in [1.29, 1.82) is 0 Å². The first-order valence-electron chi connectivity index (χ1n) is 8.41. The van der Waals surface area contributed by atoms with Crippen LogP contribution < -0.4 is 5.32 Å². The lowest BCUT2D eigenvalue weighted by Gasteiger charge is -2.36. The van der Waals surface area contributed by atoms with E-state index in [2.05, 4.69) is 44.3 Å². The van der Waals surface area contributed by atoms with Gasteiger partial charge in [0.15, 0.2) is 0 Å². The van der Waals surface area contributed by atoms with E-state index in [1.807, 2.05) is 0 Å². The van der Waals surface area contributed by atoms with Crippen molar-refractivity contribution in [3.8, 4) is 0 Å². The van der Waals surface area contributed by atoms with Crippen molar-refractivity contribution in [2.45, 2.75) is 77.8 Å². The Morgan fingerprint density at radius 1 is 1.10 bits per heavy atom. The Hall–Kier alpha value is -0.820. The highest BCUT2D eigenvalue weighted by atomic mass is 14.9. The number of hydrogen-bond acceptors (Lipinski definition) is 1. The number of aryl methyl sites for hydroxylation is 2. The summed E-state index contributed by atoms with van der Waals surface area (Å²) in [6.45, 7) is 7.15. The lowest BCUT2D eigenvalue weighted by molar-refractivity contribution is 0.200. The van der Waals surface area contributed by atoms with E-state index in [1.54, 1.807) is 11.1 Å². The van der Waals surface area contributed by atoms with Crippen LogP contribution in [0.4, 0.5) is 0 Å². The molecular weight excluding hydrogens is 242 g/mol. The van der Waals surface area contributed by atoms with E-state index in [1.165, 1.54) is 50.5 Å². The molecule has 0 bridgehead atoms. The number of hydrogen-bond donors (Lipinski definition) is 1. The summed E-state index contributed by atoms with van der Waals surface area (Å²) < 4.78 is 0. The third-order valence-corrected chi connectivity index (χ3v) is 5.45. The van der Waals surface area contributed by atoms with Gasteiger partial charge in [0, 0.05) is 12.1 Å². The van der Waals surface area contributed by atoms with Crippen LogP contribution in [-0.2, 0) is 12.8 Å². The molecule has 1 heteroatoms. The highest BCUT2D eigenvalue weighted by molar-refractivity contribution is 5.36. The van der Waals surface area contributed by atoms with Crippen LogP contribution in [0, 0.1) is 5.41 Å². The highest BCUT2D eigenvalue weighted by Gasteiger charge is 2.27. The van der Waals surface area contributed by atoms with E-state index in [9.17, 15) is 0 Å². The van der Waals surface area contributed by atoms with Crippen LogP contribution in [0.3, 0.4) is 0 Å². The molecule has 1 nitrogen and oxygen atoms in total. The van der Waals surface area contributed by atoms with Gasteiger partial charge in [-0.1, -0.05) is 32.0 Å². The minimum absolute atomic E-state index is 0.493. The van der Waals surface area contributed by atoms with Gasteiger partial charge in [0.25, 0.3) is 0 Å². The molecule has 1 fully saturated rings. The zero-order valence-electron chi connectivity index (χ0n) is 13.3. The second-order valence-corrected chi connectivity index (χ2v) is 7.71. The molecule has 110 valence electrons. The Morgan fingerprint density at radius 3 is 2.55 bits per heavy atom. The largest absolute Gasteiger partial charge is 0.307 e. The van der Waals surface area contributed by atoms with Gasteiger partial charge in [-0.2, -0.15) is 0 Å². The average Bonchev–Trinajstić information content (AvgIpc) is 2.88. The summed E-state index contributed by atoms with van der Waals surface area (Å²) in [5, 5.41) is 3.86. The molecule has 0 heterocycles. The Bertz CT molecular complexity index is 465. The first kappa shape index (κ1) is 14.1. The summed E-state index contributed by atoms with van der Waals surface area (Å²) in [7, 11) is 0. The van der Waals surface area contributed by atoms with Crippen molar-refractivity contribution in [2.24, 2.45) is 5.41 Å². The van der Waals surface area contributed by atoms with E-state index in [4.69, 9.17) is 0 Å². The van der Waals surface area contributed by atoms with Crippen molar-refractivity contribution in [1.82, 2.24) is 5.32 Å². The van der Waals surface area contributed by atoms with Gasteiger partial charge < -0.3 is 5.32 Å². The monoisotopic (exact) mass is 271 g/mol. The molecule has 1 aromatic carbocycles. The quantitative estimate of drug-likeness (QED) is 0.833. The summed E-state index contributed by atoms with van der Waals surface area (Å²) in [6.07, 6.45) is 9.31. The topological polar surface area (TPSA) is 12.0 Å². The van der Waals surface area contributed by atoms with Crippen molar-refractivity contribution in [3.63, 3.8) is 0 Å². The summed E-state index contributed by atoms with van der Waals surface area (Å²) in [5.74, 6) is 0. The van der Waals surface area contributed by atoms with E-state index in [0.717, 1.165) is 0 Å². The molecule has 0 spiro atoms. The smallest absolute Gasteiger partial charge is 0.0294 e. The number of nitrogens with one attached hydrogen (secondary N) is 1. The molecule has 2 aliphatic rings. The molecule has 0 aliphatic heterocycles. The first-order valence-corrected chi connectivity index (χ1v) is 8.41. The second-order valence-electron chi connectivity index (χ2n) is 7.71. The fraction of sp³-hybridized carbons (Fsp3) is 0.684. The van der Waals surface area contributed by atoms with Crippen LogP contribution >= 0.6 is 0 Å². The Balaban J connectivity index is 1.61. The van der Waals surface area contributed by atoms with E-state index in [0.29, 0.717) is 17.5 Å². The molecule has 20 heavy (non-hydrogen) atoms. The van der Waals surface area contributed by atoms with Crippen LogP contribution in [0.5, 0.6) is 0 Å². The van der Waals surface area contributed by atoms with Gasteiger partial charge in [0.1, 0.15) is 0 Å². The molecule has 1 unspecified atom stereocenters. The third-order valence-electron chi connectivity index (χ3n) is 5.45. The normalized spacial score (nSPS) is 23.6. The summed E-state index contributed by atoms with van der Waals surface area (Å²) >= 11 is 0. The lowest BCUT2D eigenvalue weighted by Crippen LogP contribution is -2.37. The Labute approximate surface area is 124 Å². The van der Waals surface area contributed by atoms with Crippen LogP contribution in [0.15, 0.2) is 18.2 Å². The summed E-state index contributed by atoms with van der Waals surface area (Å²) in [5.41, 5.74) is 5.23. The Kier molecular flexibility index (Phi) is 3.90. The van der Waals surface area contributed by atoms with Gasteiger partial charge in [0.05, 0.1) is 0 Å². The zero-order chi connectivity index (χ0) is 14.2. The molecule has 0 aromatic heterocycles. The van der Waals surface area contributed by atoms with Crippen LogP contribution in [0.2, 0.25) is 0 Å². The molecule has 1 aromatic rings. The van der Waals surface area contributed by atoms with Crippen molar-refractivity contribution < 1.29 is 0 Å². The second kappa shape index (κ2) is 5.52. The van der Waals surface area contributed by atoms with Gasteiger partial charge in [-0.25, -0.2) is 0 Å². The first-order chi connectivity index (χ1) is 9.53. The molecule has 2 aliphatic carbocycles. The number of benzene rings is 1. The van der Waals surface area contributed by atoms with E-state index >= 15 is 0 Å². The average molecular weight is 271 g/mol. The van der Waals surface area contributed by atoms with Crippen LogP contribution in [0.25, 0.3) is 0 Å². The predicted octanol–water partition coefficient (Wildman–Crippen LogP) is 4.79. The van der Waals surface area contributed by atoms with E-state index in [-0.39, 0.29) is 0 Å². The highest BCUT2D eigenvalue weighted by Crippen LogP contribution is 2.36. The van der Waals surface area contributed by atoms with Gasteiger partial charge in [-0.15, -0.1) is 0 Å². The molecular formula is C19H29N. The minimum atomic E-state index is 0.493. The third kappa shape index (κ3) is 3.09. The zero-order valence-corrected chi connectivity index (χ0v) is 13.3. The standard InChI is InChI=1S/C19H29N/c1-14(20-18-9-11-19(2,3)12-10-18)16-8-7-15-5-4-6-17(15)13-16/h7-8,13-14,18,20H,4-6,9-12H2,1-3H3.